The highest BCUT2D eigenvalue weighted by Gasteiger charge is 2.30. The minimum atomic E-state index is -0.642. The number of carboxylic acid groups (broad SMARTS) is 1. The van der Waals surface area contributed by atoms with Crippen molar-refractivity contribution in [2.75, 3.05) is 13.1 Å². The molecule has 1 atom stereocenters. The predicted octanol–water partition coefficient (Wildman–Crippen LogP) is 4.26. The number of thiophene rings is 2. The Balaban J connectivity index is 1.82. The average molecular weight is 335 g/mol. The summed E-state index contributed by atoms with van der Waals surface area (Å²) in [5.41, 5.74) is 1.34. The van der Waals surface area contributed by atoms with E-state index >= 15 is 0 Å². The zero-order valence-electron chi connectivity index (χ0n) is 12.7. The fourth-order valence-corrected chi connectivity index (χ4v) is 4.92. The average Bonchev–Trinajstić information content (AvgIpc) is 3.20. The summed E-state index contributed by atoms with van der Waals surface area (Å²) in [6, 6.07) is 6.95. The van der Waals surface area contributed by atoms with Gasteiger partial charge in [-0.2, -0.15) is 11.3 Å². The minimum absolute atomic E-state index is 0.172. The maximum Gasteiger partial charge on any atom is 0.306 e. The van der Waals surface area contributed by atoms with Crippen LogP contribution in [0.25, 0.3) is 0 Å². The highest BCUT2D eigenvalue weighted by Crippen LogP contribution is 2.37. The zero-order valence-corrected chi connectivity index (χ0v) is 14.3. The van der Waals surface area contributed by atoms with Gasteiger partial charge < -0.3 is 5.11 Å². The molecule has 1 aliphatic rings. The molecule has 3 nitrogen and oxygen atoms in total. The van der Waals surface area contributed by atoms with Crippen molar-refractivity contribution in [1.29, 1.82) is 0 Å². The number of aliphatic carboxylic acids is 1. The molecule has 22 heavy (non-hydrogen) atoms. The smallest absolute Gasteiger partial charge is 0.306 e. The first-order valence-corrected chi connectivity index (χ1v) is 9.52. The van der Waals surface area contributed by atoms with Crippen LogP contribution >= 0.6 is 22.7 Å². The van der Waals surface area contributed by atoms with Crippen LogP contribution in [0.4, 0.5) is 0 Å². The summed E-state index contributed by atoms with van der Waals surface area (Å²) >= 11 is 3.62. The summed E-state index contributed by atoms with van der Waals surface area (Å²) in [6.07, 6.45) is 2.58. The number of nitrogens with zero attached hydrogens (tertiary/aromatic N) is 1. The van der Waals surface area contributed by atoms with Gasteiger partial charge in [0.2, 0.25) is 0 Å². The molecule has 2 aromatic rings. The van der Waals surface area contributed by atoms with Crippen molar-refractivity contribution in [2.45, 2.75) is 32.2 Å². The standard InChI is InChI=1S/C17H21NO2S2/c1-2-14-3-4-15(22-14)16(13-7-10-21-11-13)18-8-5-12(6-9-18)17(19)20/h3-4,7,10-12,16H,2,5-6,8-9H2,1H3,(H,19,20). The second-order valence-corrected chi connectivity index (χ2v) is 7.75. The Labute approximate surface area is 139 Å². The number of hydrogen-bond acceptors (Lipinski definition) is 4. The Kier molecular flexibility index (Phi) is 4.96. The molecule has 2 aromatic heterocycles. The predicted molar refractivity (Wildman–Crippen MR) is 91.8 cm³/mol. The number of piperidine rings is 1. The fraction of sp³-hybridized carbons (Fsp3) is 0.471. The molecule has 0 spiro atoms. The van der Waals surface area contributed by atoms with E-state index in [9.17, 15) is 9.90 Å². The highest BCUT2D eigenvalue weighted by molar-refractivity contribution is 7.12. The van der Waals surface area contributed by atoms with Crippen LogP contribution in [0.15, 0.2) is 29.0 Å². The molecular formula is C17H21NO2S2. The fourth-order valence-electron chi connectivity index (χ4n) is 3.12. The lowest BCUT2D eigenvalue weighted by Gasteiger charge is -2.36. The van der Waals surface area contributed by atoms with Gasteiger partial charge in [-0.05, 0) is 66.9 Å². The Morgan fingerprint density at radius 1 is 1.36 bits per heavy atom. The van der Waals surface area contributed by atoms with Crippen molar-refractivity contribution in [3.63, 3.8) is 0 Å². The first kappa shape index (κ1) is 15.7. The van der Waals surface area contributed by atoms with Crippen molar-refractivity contribution in [3.05, 3.63) is 44.3 Å². The van der Waals surface area contributed by atoms with Crippen LogP contribution in [-0.2, 0) is 11.2 Å². The Morgan fingerprint density at radius 2 is 2.14 bits per heavy atom. The monoisotopic (exact) mass is 335 g/mol. The van der Waals surface area contributed by atoms with Gasteiger partial charge in [-0.15, -0.1) is 11.3 Å². The number of aryl methyl sites for hydroxylation is 1. The van der Waals surface area contributed by atoms with E-state index in [0.29, 0.717) is 0 Å². The van der Waals surface area contributed by atoms with Crippen molar-refractivity contribution in [1.82, 2.24) is 4.90 Å². The van der Waals surface area contributed by atoms with E-state index in [0.717, 1.165) is 32.4 Å². The SMILES string of the molecule is CCc1ccc(C(c2ccsc2)N2CCC(C(=O)O)CC2)s1. The third kappa shape index (κ3) is 3.26. The number of carbonyl (C=O) groups is 1. The van der Waals surface area contributed by atoms with Gasteiger partial charge in [0.1, 0.15) is 0 Å². The van der Waals surface area contributed by atoms with Gasteiger partial charge in [0.15, 0.2) is 0 Å². The van der Waals surface area contributed by atoms with Crippen LogP contribution in [-0.4, -0.2) is 29.1 Å². The summed E-state index contributed by atoms with van der Waals surface area (Å²) in [5.74, 6) is -0.815. The molecule has 5 heteroatoms. The molecular weight excluding hydrogens is 314 g/mol. The molecule has 1 N–H and O–H groups in total. The summed E-state index contributed by atoms with van der Waals surface area (Å²) in [5, 5.41) is 13.5. The number of likely N-dealkylation sites (tertiary alicyclic amines) is 1. The number of hydrogen-bond donors (Lipinski definition) is 1. The van der Waals surface area contributed by atoms with E-state index in [2.05, 4.69) is 40.8 Å². The summed E-state index contributed by atoms with van der Waals surface area (Å²) in [6.45, 7) is 3.90. The molecule has 1 unspecified atom stereocenters. The normalized spacial score (nSPS) is 18.4. The summed E-state index contributed by atoms with van der Waals surface area (Å²) in [4.78, 5) is 16.4. The Bertz CT molecular complexity index is 612. The molecule has 1 saturated heterocycles. The van der Waals surface area contributed by atoms with Gasteiger partial charge in [-0.1, -0.05) is 6.92 Å². The molecule has 3 rings (SSSR count). The van der Waals surface area contributed by atoms with Gasteiger partial charge >= 0.3 is 5.97 Å². The molecule has 0 aromatic carbocycles. The first-order chi connectivity index (χ1) is 10.7. The Morgan fingerprint density at radius 3 is 2.68 bits per heavy atom. The van der Waals surface area contributed by atoms with Gasteiger partial charge in [0.05, 0.1) is 12.0 Å². The maximum atomic E-state index is 11.2. The van der Waals surface area contributed by atoms with Crippen LogP contribution < -0.4 is 0 Å². The summed E-state index contributed by atoms with van der Waals surface area (Å²) < 4.78 is 0. The van der Waals surface area contributed by atoms with E-state index in [1.54, 1.807) is 11.3 Å². The highest BCUT2D eigenvalue weighted by atomic mass is 32.1. The van der Waals surface area contributed by atoms with Gasteiger partial charge in [-0.25, -0.2) is 0 Å². The maximum absolute atomic E-state index is 11.2. The topological polar surface area (TPSA) is 40.5 Å². The Hall–Kier alpha value is -1.17. The number of rotatable bonds is 5. The van der Waals surface area contributed by atoms with Crippen molar-refractivity contribution in [2.24, 2.45) is 5.92 Å². The molecule has 1 fully saturated rings. The lowest BCUT2D eigenvalue weighted by molar-refractivity contribution is -0.143. The van der Waals surface area contributed by atoms with E-state index in [-0.39, 0.29) is 12.0 Å². The second kappa shape index (κ2) is 6.94. The van der Waals surface area contributed by atoms with Crippen LogP contribution in [0, 0.1) is 5.92 Å². The van der Waals surface area contributed by atoms with Gasteiger partial charge in [0, 0.05) is 9.75 Å². The van der Waals surface area contributed by atoms with Crippen LogP contribution in [0.2, 0.25) is 0 Å². The lowest BCUT2D eigenvalue weighted by Crippen LogP contribution is -2.38. The quantitative estimate of drug-likeness (QED) is 0.887. The molecule has 0 aliphatic carbocycles. The largest absolute Gasteiger partial charge is 0.481 e. The van der Waals surface area contributed by atoms with Crippen molar-refractivity contribution >= 4 is 28.6 Å². The molecule has 1 aliphatic heterocycles. The zero-order chi connectivity index (χ0) is 15.5. The minimum Gasteiger partial charge on any atom is -0.481 e. The van der Waals surface area contributed by atoms with Gasteiger partial charge in [-0.3, -0.25) is 9.69 Å². The van der Waals surface area contributed by atoms with E-state index < -0.39 is 5.97 Å². The van der Waals surface area contributed by atoms with E-state index in [1.807, 2.05) is 11.3 Å². The van der Waals surface area contributed by atoms with Crippen LogP contribution in [0.3, 0.4) is 0 Å². The first-order valence-electron chi connectivity index (χ1n) is 7.76. The second-order valence-electron chi connectivity index (χ2n) is 5.77. The molecule has 118 valence electrons. The molecule has 0 bridgehead atoms. The third-order valence-electron chi connectivity index (χ3n) is 4.40. The van der Waals surface area contributed by atoms with Crippen molar-refractivity contribution in [3.8, 4) is 0 Å². The molecule has 0 saturated carbocycles. The number of carboxylic acids is 1. The third-order valence-corrected chi connectivity index (χ3v) is 6.39. The van der Waals surface area contributed by atoms with E-state index in [1.165, 1.54) is 15.3 Å². The summed E-state index contributed by atoms with van der Waals surface area (Å²) in [7, 11) is 0. The van der Waals surface area contributed by atoms with Gasteiger partial charge in [0.25, 0.3) is 0 Å². The van der Waals surface area contributed by atoms with E-state index in [4.69, 9.17) is 0 Å². The van der Waals surface area contributed by atoms with Crippen molar-refractivity contribution < 1.29 is 9.90 Å². The molecule has 3 heterocycles. The molecule has 0 radical (unpaired) electrons. The lowest BCUT2D eigenvalue weighted by atomic mass is 9.94. The van der Waals surface area contributed by atoms with Crippen LogP contribution in [0.5, 0.6) is 0 Å². The van der Waals surface area contributed by atoms with Crippen LogP contribution in [0.1, 0.15) is 41.1 Å². The molecule has 0 amide bonds.